The zero-order chi connectivity index (χ0) is 13.1. The minimum Gasteiger partial charge on any atom is -0.481 e. The highest BCUT2D eigenvalue weighted by molar-refractivity contribution is 6.01. The number of hydrogen-bond acceptors (Lipinski definition) is 3. The molecule has 2 rings (SSSR count). The maximum atomic E-state index is 11.8. The molecule has 0 saturated carbocycles. The number of aliphatic carboxylic acids is 1. The molecule has 0 spiro atoms. The van der Waals surface area contributed by atoms with Crippen LogP contribution < -0.4 is 10.6 Å². The summed E-state index contributed by atoms with van der Waals surface area (Å²) in [4.78, 5) is 23.9. The molecule has 0 atom stereocenters. The number of hydrogen-bond donors (Lipinski definition) is 2. The van der Waals surface area contributed by atoms with Crippen molar-refractivity contribution in [2.75, 3.05) is 18.0 Å². The number of carbonyl (C=O) groups is 2. The molecule has 0 fully saturated rings. The summed E-state index contributed by atoms with van der Waals surface area (Å²) in [6, 6.07) is 5.81. The van der Waals surface area contributed by atoms with Gasteiger partial charge in [0.2, 0.25) is 5.91 Å². The Kier molecular flexibility index (Phi) is 3.62. The fraction of sp³-hybridized carbons (Fsp3) is 0.385. The number of carbonyl (C=O) groups excluding carboxylic acids is 1. The number of carboxylic acid groups (broad SMARTS) is 1. The lowest BCUT2D eigenvalue weighted by molar-refractivity contribution is -0.136. The molecule has 0 aliphatic carbocycles. The summed E-state index contributed by atoms with van der Waals surface area (Å²) in [5, 5.41) is 8.67. The Hall–Kier alpha value is -1.88. The van der Waals surface area contributed by atoms with Crippen molar-refractivity contribution in [2.24, 2.45) is 5.73 Å². The first-order valence-electron chi connectivity index (χ1n) is 5.96. The third-order valence-corrected chi connectivity index (χ3v) is 3.06. The van der Waals surface area contributed by atoms with Gasteiger partial charge in [0.25, 0.3) is 0 Å². The predicted octanol–water partition coefficient (Wildman–Crippen LogP) is 0.552. The molecule has 1 aliphatic heterocycles. The van der Waals surface area contributed by atoms with E-state index in [2.05, 4.69) is 0 Å². The number of fused-ring (bicyclic) bond motifs is 1. The van der Waals surface area contributed by atoms with E-state index in [0.29, 0.717) is 13.0 Å². The Balaban J connectivity index is 2.18. The van der Waals surface area contributed by atoms with Gasteiger partial charge in [-0.25, -0.2) is 0 Å². The summed E-state index contributed by atoms with van der Waals surface area (Å²) in [6.07, 6.45) is 1.11. The van der Waals surface area contributed by atoms with Gasteiger partial charge in [0.1, 0.15) is 0 Å². The molecule has 0 radical (unpaired) electrons. The van der Waals surface area contributed by atoms with Gasteiger partial charge in [0, 0.05) is 12.2 Å². The minimum absolute atomic E-state index is 0.0313. The largest absolute Gasteiger partial charge is 0.481 e. The van der Waals surface area contributed by atoms with E-state index in [-0.39, 0.29) is 18.9 Å². The SMILES string of the molecule is NCCc1ccc2c(c1)CC(=O)N2CCC(=O)O. The van der Waals surface area contributed by atoms with Crippen molar-refractivity contribution < 1.29 is 14.7 Å². The van der Waals surface area contributed by atoms with E-state index in [9.17, 15) is 9.59 Å². The molecule has 96 valence electrons. The van der Waals surface area contributed by atoms with Crippen molar-refractivity contribution in [3.05, 3.63) is 29.3 Å². The van der Waals surface area contributed by atoms with Crippen LogP contribution in [0.25, 0.3) is 0 Å². The van der Waals surface area contributed by atoms with Crippen molar-refractivity contribution in [1.29, 1.82) is 0 Å². The van der Waals surface area contributed by atoms with Gasteiger partial charge < -0.3 is 15.7 Å². The van der Waals surface area contributed by atoms with Crippen LogP contribution in [0.15, 0.2) is 18.2 Å². The lowest BCUT2D eigenvalue weighted by Crippen LogP contribution is -2.29. The third kappa shape index (κ3) is 2.51. The van der Waals surface area contributed by atoms with E-state index in [1.54, 1.807) is 4.90 Å². The molecule has 0 saturated heterocycles. The van der Waals surface area contributed by atoms with Crippen LogP contribution in [0.1, 0.15) is 17.5 Å². The van der Waals surface area contributed by atoms with E-state index in [1.807, 2.05) is 18.2 Å². The van der Waals surface area contributed by atoms with Crippen molar-refractivity contribution in [2.45, 2.75) is 19.3 Å². The summed E-state index contributed by atoms with van der Waals surface area (Å²) >= 11 is 0. The maximum Gasteiger partial charge on any atom is 0.305 e. The number of nitrogens with zero attached hydrogens (tertiary/aromatic N) is 1. The summed E-state index contributed by atoms with van der Waals surface area (Å²) in [5.41, 5.74) is 8.42. The molecule has 1 amide bonds. The van der Waals surface area contributed by atoms with E-state index in [0.717, 1.165) is 23.2 Å². The minimum atomic E-state index is -0.893. The zero-order valence-corrected chi connectivity index (χ0v) is 10.1. The molecule has 1 aromatic rings. The number of anilines is 1. The molecular weight excluding hydrogens is 232 g/mol. The predicted molar refractivity (Wildman–Crippen MR) is 67.5 cm³/mol. The molecule has 5 nitrogen and oxygen atoms in total. The van der Waals surface area contributed by atoms with Crippen LogP contribution in [-0.4, -0.2) is 30.1 Å². The monoisotopic (exact) mass is 248 g/mol. The quantitative estimate of drug-likeness (QED) is 0.797. The Labute approximate surface area is 105 Å². The van der Waals surface area contributed by atoms with Crippen LogP contribution in [0, 0.1) is 0 Å². The Morgan fingerprint density at radius 1 is 1.44 bits per heavy atom. The van der Waals surface area contributed by atoms with Crippen LogP contribution in [0.3, 0.4) is 0 Å². The Bertz CT molecular complexity index is 485. The summed E-state index contributed by atoms with van der Waals surface area (Å²) in [7, 11) is 0. The first kappa shape index (κ1) is 12.6. The normalized spacial score (nSPS) is 13.8. The smallest absolute Gasteiger partial charge is 0.305 e. The molecule has 18 heavy (non-hydrogen) atoms. The van der Waals surface area contributed by atoms with Crippen LogP contribution >= 0.6 is 0 Å². The van der Waals surface area contributed by atoms with Crippen molar-refractivity contribution in [3.63, 3.8) is 0 Å². The second kappa shape index (κ2) is 5.18. The second-order valence-corrected chi connectivity index (χ2v) is 4.37. The molecule has 3 N–H and O–H groups in total. The van der Waals surface area contributed by atoms with Gasteiger partial charge in [-0.3, -0.25) is 9.59 Å². The topological polar surface area (TPSA) is 83.6 Å². The first-order valence-corrected chi connectivity index (χ1v) is 5.96. The molecule has 0 aromatic heterocycles. The van der Waals surface area contributed by atoms with Crippen molar-refractivity contribution in [1.82, 2.24) is 0 Å². The lowest BCUT2D eigenvalue weighted by atomic mass is 10.1. The second-order valence-electron chi connectivity index (χ2n) is 4.37. The van der Waals surface area contributed by atoms with E-state index in [1.165, 1.54) is 0 Å². The third-order valence-electron chi connectivity index (χ3n) is 3.06. The van der Waals surface area contributed by atoms with Gasteiger partial charge in [-0.2, -0.15) is 0 Å². The van der Waals surface area contributed by atoms with Crippen LogP contribution in [0.5, 0.6) is 0 Å². The lowest BCUT2D eigenvalue weighted by Gasteiger charge is -2.16. The fourth-order valence-electron chi connectivity index (χ4n) is 2.21. The number of benzene rings is 1. The van der Waals surface area contributed by atoms with Crippen molar-refractivity contribution >= 4 is 17.6 Å². The van der Waals surface area contributed by atoms with Gasteiger partial charge in [-0.15, -0.1) is 0 Å². The number of carboxylic acids is 1. The highest BCUT2D eigenvalue weighted by atomic mass is 16.4. The van der Waals surface area contributed by atoms with Gasteiger partial charge in [-0.05, 0) is 30.2 Å². The fourth-order valence-corrected chi connectivity index (χ4v) is 2.21. The summed E-state index contributed by atoms with van der Waals surface area (Å²) < 4.78 is 0. The molecule has 5 heteroatoms. The molecule has 1 aliphatic rings. The summed E-state index contributed by atoms with van der Waals surface area (Å²) in [5.74, 6) is -0.924. The van der Waals surface area contributed by atoms with Gasteiger partial charge in [-0.1, -0.05) is 12.1 Å². The average molecular weight is 248 g/mol. The average Bonchev–Trinajstić information content (AvgIpc) is 2.62. The van der Waals surface area contributed by atoms with Crippen LogP contribution in [0.4, 0.5) is 5.69 Å². The molecule has 1 heterocycles. The summed E-state index contributed by atoms with van der Waals surface area (Å²) in [6.45, 7) is 0.812. The molecule has 0 unspecified atom stereocenters. The maximum absolute atomic E-state index is 11.8. The highest BCUT2D eigenvalue weighted by Crippen LogP contribution is 2.29. The van der Waals surface area contributed by atoms with Gasteiger partial charge in [0.05, 0.1) is 12.8 Å². The molecule has 0 bridgehead atoms. The standard InChI is InChI=1S/C13H16N2O3/c14-5-3-9-1-2-11-10(7-9)8-12(16)15(11)6-4-13(17)18/h1-2,7H,3-6,8,14H2,(H,17,18). The first-order chi connectivity index (χ1) is 8.61. The van der Waals surface area contributed by atoms with E-state index in [4.69, 9.17) is 10.8 Å². The number of amides is 1. The zero-order valence-electron chi connectivity index (χ0n) is 10.1. The van der Waals surface area contributed by atoms with Gasteiger partial charge in [0.15, 0.2) is 0 Å². The van der Waals surface area contributed by atoms with E-state index >= 15 is 0 Å². The molecule has 1 aromatic carbocycles. The number of nitrogens with two attached hydrogens (primary N) is 1. The molecular formula is C13H16N2O3. The Morgan fingerprint density at radius 3 is 2.89 bits per heavy atom. The van der Waals surface area contributed by atoms with E-state index < -0.39 is 5.97 Å². The Morgan fingerprint density at radius 2 is 2.22 bits per heavy atom. The highest BCUT2D eigenvalue weighted by Gasteiger charge is 2.27. The van der Waals surface area contributed by atoms with Crippen LogP contribution in [0.2, 0.25) is 0 Å². The van der Waals surface area contributed by atoms with Crippen molar-refractivity contribution in [3.8, 4) is 0 Å². The number of rotatable bonds is 5. The van der Waals surface area contributed by atoms with Crippen LogP contribution in [-0.2, 0) is 22.4 Å². The van der Waals surface area contributed by atoms with Gasteiger partial charge >= 0.3 is 5.97 Å².